The summed E-state index contributed by atoms with van der Waals surface area (Å²) in [6, 6.07) is 6.06. The predicted octanol–water partition coefficient (Wildman–Crippen LogP) is 1.76. The van der Waals surface area contributed by atoms with Crippen LogP contribution in [0.15, 0.2) is 24.3 Å². The molecule has 2 fully saturated rings. The highest BCUT2D eigenvalue weighted by atomic mass is 16.5. The fourth-order valence-corrected chi connectivity index (χ4v) is 3.42. The summed E-state index contributed by atoms with van der Waals surface area (Å²) >= 11 is 0. The molecule has 1 saturated heterocycles. The number of rotatable bonds is 5. The number of hydrogen-bond acceptors (Lipinski definition) is 4. The summed E-state index contributed by atoms with van der Waals surface area (Å²) in [7, 11) is 1.33. The summed E-state index contributed by atoms with van der Waals surface area (Å²) in [6.07, 6.45) is 3.30. The molecule has 0 radical (unpaired) electrons. The molecule has 0 aromatic heterocycles. The molecular weight excluding hydrogens is 324 g/mol. The molecule has 1 aromatic rings. The van der Waals surface area contributed by atoms with Gasteiger partial charge in [0.05, 0.1) is 12.7 Å². The van der Waals surface area contributed by atoms with Crippen LogP contribution in [0.1, 0.15) is 41.6 Å². The first-order valence-corrected chi connectivity index (χ1v) is 8.43. The van der Waals surface area contributed by atoms with Gasteiger partial charge in [-0.15, -0.1) is 0 Å². The molecule has 2 aliphatic rings. The Kier molecular flexibility index (Phi) is 4.65. The number of carboxylic acid groups (broad SMARTS) is 1. The van der Waals surface area contributed by atoms with Gasteiger partial charge in [0.2, 0.25) is 0 Å². The first kappa shape index (κ1) is 17.3. The van der Waals surface area contributed by atoms with Gasteiger partial charge in [-0.25, -0.2) is 14.4 Å². The molecule has 134 valence electrons. The van der Waals surface area contributed by atoms with Gasteiger partial charge in [-0.05, 0) is 43.4 Å². The molecule has 1 atom stereocenters. The van der Waals surface area contributed by atoms with E-state index in [4.69, 9.17) is 9.84 Å². The second kappa shape index (κ2) is 6.74. The van der Waals surface area contributed by atoms with E-state index in [9.17, 15) is 14.4 Å². The normalized spacial score (nSPS) is 20.8. The third-order valence-corrected chi connectivity index (χ3v) is 5.16. The zero-order valence-electron chi connectivity index (χ0n) is 14.2. The number of esters is 1. The van der Waals surface area contributed by atoms with Gasteiger partial charge in [0, 0.05) is 18.5 Å². The van der Waals surface area contributed by atoms with Gasteiger partial charge in [0.1, 0.15) is 6.04 Å². The Morgan fingerprint density at radius 2 is 1.96 bits per heavy atom. The maximum absolute atomic E-state index is 12.5. The van der Waals surface area contributed by atoms with Crippen LogP contribution < -0.4 is 5.32 Å². The van der Waals surface area contributed by atoms with Crippen molar-refractivity contribution in [3.05, 3.63) is 35.4 Å². The van der Waals surface area contributed by atoms with Crippen molar-refractivity contribution in [2.45, 2.75) is 37.1 Å². The number of carbonyl (C=O) groups is 3. The summed E-state index contributed by atoms with van der Waals surface area (Å²) in [4.78, 5) is 36.7. The summed E-state index contributed by atoms with van der Waals surface area (Å²) in [5, 5.41) is 11.9. The average Bonchev–Trinajstić information content (AvgIpc) is 3.26. The lowest BCUT2D eigenvalue weighted by Crippen LogP contribution is -2.48. The molecular formula is C18H22N2O5. The van der Waals surface area contributed by atoms with Crippen molar-refractivity contribution < 1.29 is 24.2 Å². The lowest BCUT2D eigenvalue weighted by molar-refractivity contribution is -0.144. The largest absolute Gasteiger partial charge is 0.478 e. The second-order valence-corrected chi connectivity index (χ2v) is 6.70. The van der Waals surface area contributed by atoms with Gasteiger partial charge in [-0.1, -0.05) is 12.1 Å². The van der Waals surface area contributed by atoms with Crippen LogP contribution in [0, 0.1) is 0 Å². The van der Waals surface area contributed by atoms with Crippen LogP contribution >= 0.6 is 0 Å². The van der Waals surface area contributed by atoms with Crippen LogP contribution in [0.3, 0.4) is 0 Å². The minimum atomic E-state index is -0.951. The minimum Gasteiger partial charge on any atom is -0.478 e. The SMILES string of the molecule is COC(=O)[C@@H]1CCCN1C(=O)NCC1(c2ccc(C(=O)O)cc2)CC1. The van der Waals surface area contributed by atoms with Gasteiger partial charge in [-0.3, -0.25) is 0 Å². The van der Waals surface area contributed by atoms with Crippen molar-refractivity contribution in [2.75, 3.05) is 20.2 Å². The molecule has 0 unspecified atom stereocenters. The van der Waals surface area contributed by atoms with E-state index in [1.807, 2.05) is 12.1 Å². The van der Waals surface area contributed by atoms with E-state index in [0.717, 1.165) is 24.8 Å². The quantitative estimate of drug-likeness (QED) is 0.792. The van der Waals surface area contributed by atoms with Crippen molar-refractivity contribution >= 4 is 18.0 Å². The lowest BCUT2D eigenvalue weighted by Gasteiger charge is -2.25. The zero-order valence-corrected chi connectivity index (χ0v) is 14.2. The van der Waals surface area contributed by atoms with Gasteiger partial charge in [-0.2, -0.15) is 0 Å². The number of carbonyl (C=O) groups excluding carboxylic acids is 2. The lowest BCUT2D eigenvalue weighted by atomic mass is 9.95. The number of methoxy groups -OCH3 is 1. The monoisotopic (exact) mass is 346 g/mol. The Labute approximate surface area is 146 Å². The molecule has 0 spiro atoms. The van der Waals surface area contributed by atoms with Crippen LogP contribution in [-0.4, -0.2) is 54.2 Å². The maximum atomic E-state index is 12.5. The fourth-order valence-electron chi connectivity index (χ4n) is 3.42. The average molecular weight is 346 g/mol. The third kappa shape index (κ3) is 3.45. The van der Waals surface area contributed by atoms with Gasteiger partial charge >= 0.3 is 18.0 Å². The first-order chi connectivity index (χ1) is 12.0. The molecule has 0 bridgehead atoms. The van der Waals surface area contributed by atoms with Crippen molar-refractivity contribution in [2.24, 2.45) is 0 Å². The Hall–Kier alpha value is -2.57. The van der Waals surface area contributed by atoms with Gasteiger partial charge in [0.15, 0.2) is 0 Å². The summed E-state index contributed by atoms with van der Waals surface area (Å²) in [5.41, 5.74) is 1.15. The van der Waals surface area contributed by atoms with Crippen molar-refractivity contribution in [1.29, 1.82) is 0 Å². The molecule has 7 heteroatoms. The molecule has 2 amide bonds. The Bertz CT molecular complexity index is 681. The molecule has 1 heterocycles. The molecule has 1 saturated carbocycles. The maximum Gasteiger partial charge on any atom is 0.335 e. The summed E-state index contributed by atoms with van der Waals surface area (Å²) in [6.45, 7) is 1.02. The van der Waals surface area contributed by atoms with E-state index >= 15 is 0 Å². The standard InChI is InChI=1S/C18H22N2O5/c1-25-16(23)14-3-2-10-20(14)17(24)19-11-18(8-9-18)13-6-4-12(5-7-13)15(21)22/h4-7,14H,2-3,8-11H2,1H3,(H,19,24)(H,21,22)/t14-/m0/s1. The predicted molar refractivity (Wildman–Crippen MR) is 89.5 cm³/mol. The van der Waals surface area contributed by atoms with E-state index in [1.54, 1.807) is 12.1 Å². The van der Waals surface area contributed by atoms with Gasteiger partial charge < -0.3 is 20.1 Å². The number of nitrogens with zero attached hydrogens (tertiary/aromatic N) is 1. The van der Waals surface area contributed by atoms with Crippen LogP contribution in [-0.2, 0) is 14.9 Å². The first-order valence-electron chi connectivity index (χ1n) is 8.43. The smallest absolute Gasteiger partial charge is 0.335 e. The number of hydrogen-bond donors (Lipinski definition) is 2. The third-order valence-electron chi connectivity index (χ3n) is 5.16. The number of ether oxygens (including phenoxy) is 1. The number of nitrogens with one attached hydrogen (secondary N) is 1. The van der Waals surface area contributed by atoms with Crippen molar-refractivity contribution in [3.63, 3.8) is 0 Å². The number of urea groups is 1. The molecule has 1 aliphatic carbocycles. The summed E-state index contributed by atoms with van der Waals surface area (Å²) in [5.74, 6) is -1.33. The second-order valence-electron chi connectivity index (χ2n) is 6.70. The Morgan fingerprint density at radius 1 is 1.28 bits per heavy atom. The Morgan fingerprint density at radius 3 is 2.52 bits per heavy atom. The van der Waals surface area contributed by atoms with E-state index in [2.05, 4.69) is 5.32 Å². The molecule has 2 N–H and O–H groups in total. The number of aromatic carboxylic acids is 1. The number of amides is 2. The van der Waals surface area contributed by atoms with Crippen molar-refractivity contribution in [3.8, 4) is 0 Å². The van der Waals surface area contributed by atoms with Crippen LogP contribution in [0.25, 0.3) is 0 Å². The number of likely N-dealkylation sites (tertiary alicyclic amines) is 1. The molecule has 25 heavy (non-hydrogen) atoms. The van der Waals surface area contributed by atoms with Crippen LogP contribution in [0.4, 0.5) is 4.79 Å². The minimum absolute atomic E-state index is 0.132. The van der Waals surface area contributed by atoms with E-state index in [1.165, 1.54) is 12.0 Å². The van der Waals surface area contributed by atoms with E-state index in [0.29, 0.717) is 19.5 Å². The van der Waals surface area contributed by atoms with Crippen molar-refractivity contribution in [1.82, 2.24) is 10.2 Å². The highest BCUT2D eigenvalue weighted by Gasteiger charge is 2.45. The van der Waals surface area contributed by atoms with E-state index in [-0.39, 0.29) is 23.0 Å². The Balaban J connectivity index is 1.61. The highest BCUT2D eigenvalue weighted by molar-refractivity contribution is 5.87. The fraction of sp³-hybridized carbons (Fsp3) is 0.500. The highest BCUT2D eigenvalue weighted by Crippen LogP contribution is 2.47. The van der Waals surface area contributed by atoms with E-state index < -0.39 is 12.0 Å². The molecule has 1 aromatic carbocycles. The van der Waals surface area contributed by atoms with Gasteiger partial charge in [0.25, 0.3) is 0 Å². The number of carboxylic acids is 1. The molecule has 3 rings (SSSR count). The molecule has 7 nitrogen and oxygen atoms in total. The number of benzene rings is 1. The van der Waals surface area contributed by atoms with Crippen LogP contribution in [0.5, 0.6) is 0 Å². The topological polar surface area (TPSA) is 95.9 Å². The molecule has 1 aliphatic heterocycles. The van der Waals surface area contributed by atoms with Crippen LogP contribution in [0.2, 0.25) is 0 Å². The zero-order chi connectivity index (χ0) is 18.0. The summed E-state index contributed by atoms with van der Waals surface area (Å²) < 4.78 is 4.76.